The third-order valence-electron chi connectivity index (χ3n) is 8.18. The first kappa shape index (κ1) is 25.1. The summed E-state index contributed by atoms with van der Waals surface area (Å²) in [5, 5.41) is 2.15. The van der Waals surface area contributed by atoms with Crippen LogP contribution in [0.15, 0.2) is 70.5 Å². The van der Waals surface area contributed by atoms with Gasteiger partial charge in [-0.15, -0.1) is 0 Å². The first-order valence-electron chi connectivity index (χ1n) is 12.7. The first-order chi connectivity index (χ1) is 19.0. The monoisotopic (exact) mass is 576 g/mol. The topological polar surface area (TPSA) is 115 Å². The van der Waals surface area contributed by atoms with Gasteiger partial charge in [0.2, 0.25) is 20.0 Å². The predicted molar refractivity (Wildman–Crippen MR) is 151 cm³/mol. The van der Waals surface area contributed by atoms with Crippen molar-refractivity contribution < 1.29 is 26.4 Å². The molecule has 0 aliphatic carbocycles. The molecule has 3 aliphatic heterocycles. The normalized spacial score (nSPS) is 18.1. The fraction of sp³-hybridized carbons (Fsp3) is 0.214. The zero-order valence-corrected chi connectivity index (χ0v) is 23.3. The van der Waals surface area contributed by atoms with Gasteiger partial charge in [-0.1, -0.05) is 24.3 Å². The molecule has 1 saturated heterocycles. The van der Waals surface area contributed by atoms with E-state index in [1.54, 1.807) is 62.6 Å². The molecule has 0 spiro atoms. The van der Waals surface area contributed by atoms with Crippen LogP contribution in [-0.2, 0) is 20.0 Å². The zero-order valence-electron chi connectivity index (χ0n) is 21.7. The van der Waals surface area contributed by atoms with Gasteiger partial charge in [-0.3, -0.25) is 9.59 Å². The highest BCUT2D eigenvalue weighted by Crippen LogP contribution is 2.42. The Morgan fingerprint density at radius 2 is 0.925 bits per heavy atom. The lowest BCUT2D eigenvalue weighted by Crippen LogP contribution is -2.50. The number of carbonyl (C=O) groups excluding carboxylic acids is 2. The van der Waals surface area contributed by atoms with E-state index in [0.717, 1.165) is 0 Å². The molecule has 204 valence electrons. The second-order valence-electron chi connectivity index (χ2n) is 10.2. The summed E-state index contributed by atoms with van der Waals surface area (Å²) in [4.78, 5) is 28.4. The number of amides is 2. The van der Waals surface area contributed by atoms with E-state index in [9.17, 15) is 26.4 Å². The number of anilines is 2. The highest BCUT2D eigenvalue weighted by Gasteiger charge is 2.38. The van der Waals surface area contributed by atoms with Crippen molar-refractivity contribution in [3.8, 4) is 0 Å². The fourth-order valence-electron chi connectivity index (χ4n) is 6.10. The van der Waals surface area contributed by atoms with E-state index in [1.807, 2.05) is 0 Å². The van der Waals surface area contributed by atoms with E-state index in [-0.39, 0.29) is 47.8 Å². The van der Waals surface area contributed by atoms with Crippen LogP contribution >= 0.6 is 0 Å². The predicted octanol–water partition coefficient (Wildman–Crippen LogP) is 2.87. The molecule has 0 radical (unpaired) electrons. The van der Waals surface area contributed by atoms with Crippen LogP contribution in [0.1, 0.15) is 20.7 Å². The van der Waals surface area contributed by atoms with Crippen molar-refractivity contribution in [1.82, 2.24) is 8.61 Å². The molecule has 4 aromatic carbocycles. The number of piperazine rings is 1. The van der Waals surface area contributed by atoms with E-state index in [1.165, 1.54) is 30.5 Å². The molecule has 0 saturated carbocycles. The second kappa shape index (κ2) is 8.33. The molecule has 0 unspecified atom stereocenters. The summed E-state index contributed by atoms with van der Waals surface area (Å²) < 4.78 is 57.7. The molecule has 10 nitrogen and oxygen atoms in total. The molecule has 3 heterocycles. The Labute approximate surface area is 231 Å². The molecule has 7 rings (SSSR count). The van der Waals surface area contributed by atoms with Gasteiger partial charge in [0, 0.05) is 72.9 Å². The molecule has 2 amide bonds. The maximum atomic E-state index is 13.8. The van der Waals surface area contributed by atoms with Crippen molar-refractivity contribution >= 4 is 64.8 Å². The van der Waals surface area contributed by atoms with Crippen molar-refractivity contribution in [2.45, 2.75) is 9.79 Å². The minimum Gasteiger partial charge on any atom is -0.311 e. The number of nitrogens with zero attached hydrogens (tertiary/aromatic N) is 4. The first-order valence-corrected chi connectivity index (χ1v) is 15.6. The molecule has 3 aliphatic rings. The van der Waals surface area contributed by atoms with E-state index in [0.29, 0.717) is 44.0 Å². The average Bonchev–Trinajstić information content (AvgIpc) is 3.36. The summed E-state index contributed by atoms with van der Waals surface area (Å²) in [7, 11) is -4.64. The van der Waals surface area contributed by atoms with Gasteiger partial charge in [-0.05, 0) is 36.4 Å². The standard InChI is InChI=1S/C28H24N4O6S2/c1-29-21-9-11-23(17-5-3-7-19(25(17)21)27(29)33)39(35,36)31-13-15-32(16-14-31)40(37,38)24-12-10-22-26-18(24)6-4-8-20(26)28(34)30(22)2/h3-12H,13-16H2,1-2H3. The van der Waals surface area contributed by atoms with E-state index in [4.69, 9.17) is 0 Å². The minimum absolute atomic E-state index is 0.0220. The smallest absolute Gasteiger partial charge is 0.258 e. The number of sulfonamides is 2. The quantitative estimate of drug-likeness (QED) is 0.369. The summed E-state index contributed by atoms with van der Waals surface area (Å²) in [6.07, 6.45) is 0. The van der Waals surface area contributed by atoms with Gasteiger partial charge in [-0.25, -0.2) is 16.8 Å². The number of rotatable bonds is 4. The average molecular weight is 577 g/mol. The molecule has 0 bridgehead atoms. The Kier molecular flexibility index (Phi) is 5.24. The lowest BCUT2D eigenvalue weighted by Gasteiger charge is -2.33. The van der Waals surface area contributed by atoms with Crippen molar-refractivity contribution in [2.24, 2.45) is 0 Å². The summed E-state index contributed by atoms with van der Waals surface area (Å²) in [6, 6.07) is 16.4. The SMILES string of the molecule is CN1C(=O)c2cccc3c(S(=O)(=O)N4CCN(S(=O)(=O)c5ccc6c7c(cccc57)C(=O)N6C)CC4)ccc1c23. The highest BCUT2D eigenvalue weighted by molar-refractivity contribution is 7.89. The number of hydrogen-bond acceptors (Lipinski definition) is 6. The van der Waals surface area contributed by atoms with Crippen LogP contribution in [-0.4, -0.2) is 77.5 Å². The summed E-state index contributed by atoms with van der Waals surface area (Å²) in [5.74, 6) is -0.374. The van der Waals surface area contributed by atoms with Crippen LogP contribution in [0.4, 0.5) is 11.4 Å². The molecule has 0 atom stereocenters. The third kappa shape index (κ3) is 3.21. The Morgan fingerprint density at radius 1 is 0.550 bits per heavy atom. The second-order valence-corrected chi connectivity index (χ2v) is 14.0. The number of benzene rings is 4. The summed E-state index contributed by atoms with van der Waals surface area (Å²) in [5.41, 5.74) is 2.23. The van der Waals surface area contributed by atoms with Crippen molar-refractivity contribution in [2.75, 3.05) is 50.1 Å². The van der Waals surface area contributed by atoms with Crippen molar-refractivity contribution in [1.29, 1.82) is 0 Å². The Bertz CT molecular complexity index is 1890. The fourth-order valence-corrected chi connectivity index (χ4v) is 9.32. The Balaban J connectivity index is 1.20. The Hall–Kier alpha value is -3.84. The molecule has 0 N–H and O–H groups in total. The van der Waals surface area contributed by atoms with Crippen LogP contribution in [0.2, 0.25) is 0 Å². The van der Waals surface area contributed by atoms with Crippen LogP contribution in [0.3, 0.4) is 0 Å². The molecular weight excluding hydrogens is 552 g/mol. The van der Waals surface area contributed by atoms with Gasteiger partial charge < -0.3 is 9.80 Å². The van der Waals surface area contributed by atoms with Gasteiger partial charge in [-0.2, -0.15) is 8.61 Å². The lowest BCUT2D eigenvalue weighted by atomic mass is 10.1. The van der Waals surface area contributed by atoms with Gasteiger partial charge in [0.1, 0.15) is 0 Å². The van der Waals surface area contributed by atoms with Gasteiger partial charge in [0.05, 0.1) is 21.2 Å². The molecule has 1 fully saturated rings. The minimum atomic E-state index is -3.97. The van der Waals surface area contributed by atoms with Crippen LogP contribution < -0.4 is 9.80 Å². The third-order valence-corrected chi connectivity index (χ3v) is 12.1. The molecule has 4 aromatic rings. The van der Waals surface area contributed by atoms with Crippen LogP contribution in [0, 0.1) is 0 Å². The summed E-state index contributed by atoms with van der Waals surface area (Å²) >= 11 is 0. The molecule has 0 aromatic heterocycles. The summed E-state index contributed by atoms with van der Waals surface area (Å²) in [6.45, 7) is -0.0880. The van der Waals surface area contributed by atoms with Crippen molar-refractivity contribution in [3.05, 3.63) is 71.8 Å². The van der Waals surface area contributed by atoms with Crippen molar-refractivity contribution in [3.63, 3.8) is 0 Å². The van der Waals surface area contributed by atoms with Crippen LogP contribution in [0.5, 0.6) is 0 Å². The van der Waals surface area contributed by atoms with E-state index < -0.39 is 20.0 Å². The van der Waals surface area contributed by atoms with Crippen LogP contribution in [0.25, 0.3) is 21.5 Å². The number of carbonyl (C=O) groups is 2. The van der Waals surface area contributed by atoms with Gasteiger partial charge in [0.25, 0.3) is 11.8 Å². The van der Waals surface area contributed by atoms with E-state index in [2.05, 4.69) is 0 Å². The van der Waals surface area contributed by atoms with Gasteiger partial charge >= 0.3 is 0 Å². The zero-order chi connectivity index (χ0) is 28.1. The highest BCUT2D eigenvalue weighted by atomic mass is 32.2. The van der Waals surface area contributed by atoms with E-state index >= 15 is 0 Å². The number of hydrogen-bond donors (Lipinski definition) is 0. The lowest BCUT2D eigenvalue weighted by molar-refractivity contribution is 0.0991. The maximum Gasteiger partial charge on any atom is 0.258 e. The Morgan fingerprint density at radius 3 is 1.30 bits per heavy atom. The molecule has 12 heteroatoms. The maximum absolute atomic E-state index is 13.8. The molecule has 40 heavy (non-hydrogen) atoms. The largest absolute Gasteiger partial charge is 0.311 e. The van der Waals surface area contributed by atoms with Gasteiger partial charge in [0.15, 0.2) is 0 Å². The molecular formula is C28H24N4O6S2.